The largest absolute Gasteiger partial charge is 0.478 e. The van der Waals surface area contributed by atoms with Crippen molar-refractivity contribution in [3.8, 4) is 0 Å². The number of aromatic amines is 1. The maximum Gasteiger partial charge on any atom is 0.433 e. The van der Waals surface area contributed by atoms with Crippen molar-refractivity contribution in [1.29, 1.82) is 0 Å². The summed E-state index contributed by atoms with van der Waals surface area (Å²) in [6, 6.07) is 7.04. The van der Waals surface area contributed by atoms with Crippen LogP contribution >= 0.6 is 0 Å². The Kier molecular flexibility index (Phi) is 3.87. The maximum absolute atomic E-state index is 12.7. The van der Waals surface area contributed by atoms with Crippen LogP contribution in [0.2, 0.25) is 0 Å². The Morgan fingerprint density at radius 3 is 2.60 bits per heavy atom. The number of H-pyrrole nitrogens is 1. The summed E-state index contributed by atoms with van der Waals surface area (Å²) >= 11 is 0. The molecule has 1 amide bonds. The lowest BCUT2D eigenvalue weighted by molar-refractivity contribution is -0.141. The standard InChI is InChI=1S/C15H9F3N4O3/c16-15(17,18)11-3-1-2-9(19-11)13(23)20-12-8-5-4-7(14(24)25)6-10(8)21-22-12/h1-6H,(H,24,25)(H2,20,21,22,23). The number of anilines is 1. The number of amides is 1. The van der Waals surface area contributed by atoms with Gasteiger partial charge in [-0.25, -0.2) is 9.78 Å². The lowest BCUT2D eigenvalue weighted by atomic mass is 10.1. The van der Waals surface area contributed by atoms with E-state index in [0.29, 0.717) is 10.9 Å². The van der Waals surface area contributed by atoms with Gasteiger partial charge in [0.25, 0.3) is 5.91 Å². The number of alkyl halides is 3. The van der Waals surface area contributed by atoms with Gasteiger partial charge >= 0.3 is 12.1 Å². The molecular formula is C15H9F3N4O3. The molecule has 0 atom stereocenters. The summed E-state index contributed by atoms with van der Waals surface area (Å²) in [6.07, 6.45) is -4.66. The second kappa shape index (κ2) is 5.89. The number of fused-ring (bicyclic) bond motifs is 1. The number of carbonyl (C=O) groups is 2. The highest BCUT2D eigenvalue weighted by atomic mass is 19.4. The van der Waals surface area contributed by atoms with Crippen molar-refractivity contribution in [2.24, 2.45) is 0 Å². The molecule has 0 aliphatic carbocycles. The molecule has 0 saturated heterocycles. The number of carboxylic acid groups (broad SMARTS) is 1. The highest BCUT2D eigenvalue weighted by Gasteiger charge is 2.33. The summed E-state index contributed by atoms with van der Waals surface area (Å²) < 4.78 is 38.0. The van der Waals surface area contributed by atoms with Crippen LogP contribution in [-0.4, -0.2) is 32.2 Å². The Balaban J connectivity index is 1.89. The van der Waals surface area contributed by atoms with Crippen molar-refractivity contribution in [3.63, 3.8) is 0 Å². The van der Waals surface area contributed by atoms with E-state index >= 15 is 0 Å². The molecule has 25 heavy (non-hydrogen) atoms. The number of hydrogen-bond acceptors (Lipinski definition) is 4. The lowest BCUT2D eigenvalue weighted by Gasteiger charge is -2.07. The molecule has 0 fully saturated rings. The molecule has 0 bridgehead atoms. The first kappa shape index (κ1) is 16.4. The number of carbonyl (C=O) groups excluding carboxylic acids is 1. The van der Waals surface area contributed by atoms with E-state index in [0.717, 1.165) is 18.2 Å². The van der Waals surface area contributed by atoms with Crippen LogP contribution in [0.5, 0.6) is 0 Å². The summed E-state index contributed by atoms with van der Waals surface area (Å²) in [6.45, 7) is 0. The Hall–Kier alpha value is -3.43. The normalized spacial score (nSPS) is 11.5. The minimum atomic E-state index is -4.66. The number of rotatable bonds is 3. The first-order valence-corrected chi connectivity index (χ1v) is 6.83. The van der Waals surface area contributed by atoms with Crippen molar-refractivity contribution in [1.82, 2.24) is 15.2 Å². The van der Waals surface area contributed by atoms with Gasteiger partial charge in [-0.05, 0) is 30.3 Å². The summed E-state index contributed by atoms with van der Waals surface area (Å²) in [5, 5.41) is 18.1. The van der Waals surface area contributed by atoms with Crippen LogP contribution in [0.4, 0.5) is 19.0 Å². The Morgan fingerprint density at radius 2 is 1.92 bits per heavy atom. The molecule has 0 unspecified atom stereocenters. The number of halogens is 3. The molecule has 0 spiro atoms. The van der Waals surface area contributed by atoms with Crippen LogP contribution in [0.3, 0.4) is 0 Å². The molecule has 0 aliphatic heterocycles. The van der Waals surface area contributed by atoms with E-state index in [-0.39, 0.29) is 11.4 Å². The topological polar surface area (TPSA) is 108 Å². The fourth-order valence-corrected chi connectivity index (χ4v) is 2.14. The molecule has 7 nitrogen and oxygen atoms in total. The number of nitrogens with one attached hydrogen (secondary N) is 2. The van der Waals surface area contributed by atoms with Crippen molar-refractivity contribution in [2.75, 3.05) is 5.32 Å². The maximum atomic E-state index is 12.7. The Labute approximate surface area is 137 Å². The quantitative estimate of drug-likeness (QED) is 0.673. The molecule has 3 N–H and O–H groups in total. The number of aromatic carboxylic acids is 1. The van der Waals surface area contributed by atoms with Crippen LogP contribution < -0.4 is 5.32 Å². The van der Waals surface area contributed by atoms with E-state index in [1.54, 1.807) is 0 Å². The van der Waals surface area contributed by atoms with E-state index in [1.165, 1.54) is 18.2 Å². The van der Waals surface area contributed by atoms with E-state index in [9.17, 15) is 22.8 Å². The number of aromatic nitrogens is 3. The predicted octanol–water partition coefficient (Wildman–Crippen LogP) is 2.93. The molecule has 128 valence electrons. The summed E-state index contributed by atoms with van der Waals surface area (Å²) in [5.41, 5.74) is -1.23. The van der Waals surface area contributed by atoms with Crippen molar-refractivity contribution < 1.29 is 27.9 Å². The van der Waals surface area contributed by atoms with E-state index < -0.39 is 29.4 Å². The second-order valence-corrected chi connectivity index (χ2v) is 5.00. The fraction of sp³-hybridized carbons (Fsp3) is 0.0667. The molecule has 2 aromatic heterocycles. The van der Waals surface area contributed by atoms with E-state index in [4.69, 9.17) is 5.11 Å². The summed E-state index contributed by atoms with van der Waals surface area (Å²) in [5.74, 6) is -1.95. The van der Waals surface area contributed by atoms with Gasteiger partial charge in [-0.15, -0.1) is 0 Å². The zero-order valence-corrected chi connectivity index (χ0v) is 12.3. The number of benzene rings is 1. The number of hydrogen-bond donors (Lipinski definition) is 3. The van der Waals surface area contributed by atoms with Crippen molar-refractivity contribution in [3.05, 3.63) is 53.3 Å². The average molecular weight is 350 g/mol. The Bertz CT molecular complexity index is 982. The Morgan fingerprint density at radius 1 is 1.16 bits per heavy atom. The van der Waals surface area contributed by atoms with Gasteiger partial charge in [0, 0.05) is 5.39 Å². The highest BCUT2D eigenvalue weighted by molar-refractivity contribution is 6.07. The molecule has 0 saturated carbocycles. The SMILES string of the molecule is O=C(O)c1ccc2c(NC(=O)c3cccc(C(F)(F)F)n3)n[nH]c2c1. The predicted molar refractivity (Wildman–Crippen MR) is 80.2 cm³/mol. The molecule has 3 rings (SSSR count). The minimum absolute atomic E-state index is 0.0218. The average Bonchev–Trinajstić information content (AvgIpc) is 2.96. The van der Waals surface area contributed by atoms with E-state index in [2.05, 4.69) is 20.5 Å². The molecule has 0 aliphatic rings. The van der Waals surface area contributed by atoms with Crippen LogP contribution in [0.1, 0.15) is 26.5 Å². The molecule has 10 heteroatoms. The first-order chi connectivity index (χ1) is 11.8. The molecule has 1 aromatic carbocycles. The van der Waals surface area contributed by atoms with Gasteiger partial charge in [0.15, 0.2) is 5.82 Å². The number of nitrogens with zero attached hydrogens (tertiary/aromatic N) is 2. The van der Waals surface area contributed by atoms with Gasteiger partial charge < -0.3 is 10.4 Å². The van der Waals surface area contributed by atoms with E-state index in [1.807, 2.05) is 0 Å². The van der Waals surface area contributed by atoms with Gasteiger partial charge in [-0.3, -0.25) is 9.89 Å². The zero-order chi connectivity index (χ0) is 18.2. The molecule has 3 aromatic rings. The van der Waals surface area contributed by atoms with Gasteiger partial charge in [0.05, 0.1) is 11.1 Å². The minimum Gasteiger partial charge on any atom is -0.478 e. The summed E-state index contributed by atoms with van der Waals surface area (Å²) in [4.78, 5) is 26.3. The van der Waals surface area contributed by atoms with Crippen LogP contribution in [0, 0.1) is 0 Å². The molecular weight excluding hydrogens is 341 g/mol. The third kappa shape index (κ3) is 3.27. The van der Waals surface area contributed by atoms with Crippen LogP contribution in [0.25, 0.3) is 10.9 Å². The first-order valence-electron chi connectivity index (χ1n) is 6.83. The highest BCUT2D eigenvalue weighted by Crippen LogP contribution is 2.27. The van der Waals surface area contributed by atoms with Gasteiger partial charge in [0.1, 0.15) is 11.4 Å². The third-order valence-electron chi connectivity index (χ3n) is 3.31. The van der Waals surface area contributed by atoms with Crippen molar-refractivity contribution >= 4 is 28.6 Å². The monoisotopic (exact) mass is 350 g/mol. The number of pyridine rings is 1. The second-order valence-electron chi connectivity index (χ2n) is 5.00. The van der Waals surface area contributed by atoms with Gasteiger partial charge in [-0.1, -0.05) is 6.07 Å². The third-order valence-corrected chi connectivity index (χ3v) is 3.31. The van der Waals surface area contributed by atoms with Gasteiger partial charge in [-0.2, -0.15) is 18.3 Å². The zero-order valence-electron chi connectivity index (χ0n) is 12.3. The van der Waals surface area contributed by atoms with Crippen molar-refractivity contribution in [2.45, 2.75) is 6.18 Å². The summed E-state index contributed by atoms with van der Waals surface area (Å²) in [7, 11) is 0. The molecule has 0 radical (unpaired) electrons. The van der Waals surface area contributed by atoms with Gasteiger partial charge in [0.2, 0.25) is 0 Å². The van der Waals surface area contributed by atoms with Crippen LogP contribution in [0.15, 0.2) is 36.4 Å². The lowest BCUT2D eigenvalue weighted by Crippen LogP contribution is -2.17. The number of carboxylic acids is 1. The molecule has 2 heterocycles. The smallest absolute Gasteiger partial charge is 0.433 e. The fourth-order valence-electron chi connectivity index (χ4n) is 2.14. The van der Waals surface area contributed by atoms with Crippen LogP contribution in [-0.2, 0) is 6.18 Å².